The lowest BCUT2D eigenvalue weighted by Crippen LogP contribution is -2.50. The normalized spacial score (nSPS) is 18.5. The zero-order valence-corrected chi connectivity index (χ0v) is 29.7. The first-order chi connectivity index (χ1) is 24.3. The molecule has 0 saturated carbocycles. The van der Waals surface area contributed by atoms with Crippen molar-refractivity contribution in [3.05, 3.63) is 77.1 Å². The molecule has 0 spiro atoms. The van der Waals surface area contributed by atoms with Gasteiger partial charge in [0.05, 0.1) is 17.4 Å². The molecule has 1 unspecified atom stereocenters. The van der Waals surface area contributed by atoms with Gasteiger partial charge in [-0.15, -0.1) is 0 Å². The fraction of sp³-hybridized carbons (Fsp3) is 0.487. The minimum absolute atomic E-state index is 0.00333. The number of piperidine rings is 1. The van der Waals surface area contributed by atoms with Crippen LogP contribution in [0.5, 0.6) is 0 Å². The summed E-state index contributed by atoms with van der Waals surface area (Å²) < 4.78 is 16.8. The van der Waals surface area contributed by atoms with Gasteiger partial charge in [0.1, 0.15) is 29.6 Å². The first-order valence-electron chi connectivity index (χ1n) is 18.2. The molecule has 50 heavy (non-hydrogen) atoms. The molecule has 4 aromatic rings. The van der Waals surface area contributed by atoms with Gasteiger partial charge in [0.15, 0.2) is 5.82 Å². The summed E-state index contributed by atoms with van der Waals surface area (Å²) in [7, 11) is 0. The molecule has 0 radical (unpaired) electrons. The van der Waals surface area contributed by atoms with Gasteiger partial charge in [-0.05, 0) is 107 Å². The Morgan fingerprint density at radius 3 is 2.64 bits per heavy atom. The highest BCUT2D eigenvalue weighted by molar-refractivity contribution is 6.01. The Bertz CT molecular complexity index is 1900. The van der Waals surface area contributed by atoms with Gasteiger partial charge in [0.25, 0.3) is 5.91 Å². The van der Waals surface area contributed by atoms with Gasteiger partial charge >= 0.3 is 0 Å². The summed E-state index contributed by atoms with van der Waals surface area (Å²) in [6.45, 7) is 15.8. The molecule has 7 rings (SSSR count). The SMILES string of the molecule is CCN(C(=O)c1cc(F)ccc1N1CCN(C2CCN(Cc3ccc4c(cc(C#N)n4CC4CCNC4)c3C)CC2)c2ncncc21)C(C)C. The quantitative estimate of drug-likeness (QED) is 0.236. The van der Waals surface area contributed by atoms with Crippen LogP contribution in [0.25, 0.3) is 10.9 Å². The number of hydrogen-bond acceptors (Lipinski definition) is 8. The van der Waals surface area contributed by atoms with Crippen LogP contribution in [0.2, 0.25) is 0 Å². The van der Waals surface area contributed by atoms with E-state index in [0.29, 0.717) is 36.3 Å². The maximum absolute atomic E-state index is 14.6. The molecule has 1 amide bonds. The van der Waals surface area contributed by atoms with Crippen LogP contribution in [-0.2, 0) is 13.1 Å². The second kappa shape index (κ2) is 14.4. The summed E-state index contributed by atoms with van der Waals surface area (Å²) in [5.41, 5.74) is 6.37. The van der Waals surface area contributed by atoms with E-state index in [1.807, 2.05) is 27.0 Å². The predicted molar refractivity (Wildman–Crippen MR) is 195 cm³/mol. The number of nitrogens with one attached hydrogen (secondary N) is 1. The Morgan fingerprint density at radius 1 is 1.10 bits per heavy atom. The Kier molecular flexibility index (Phi) is 9.76. The first-order valence-corrected chi connectivity index (χ1v) is 18.2. The zero-order chi connectivity index (χ0) is 34.9. The van der Waals surface area contributed by atoms with Crippen molar-refractivity contribution >= 4 is 34.0 Å². The molecule has 3 aliphatic rings. The highest BCUT2D eigenvalue weighted by Gasteiger charge is 2.34. The van der Waals surface area contributed by atoms with Gasteiger partial charge in [0.2, 0.25) is 0 Å². The number of nitrogens with zero attached hydrogens (tertiary/aromatic N) is 8. The minimum Gasteiger partial charge on any atom is -0.350 e. The van der Waals surface area contributed by atoms with E-state index >= 15 is 0 Å². The molecule has 1 atom stereocenters. The van der Waals surface area contributed by atoms with Crippen LogP contribution < -0.4 is 15.1 Å². The fourth-order valence-electron chi connectivity index (χ4n) is 8.32. The van der Waals surface area contributed by atoms with E-state index < -0.39 is 5.82 Å². The van der Waals surface area contributed by atoms with Crippen LogP contribution >= 0.6 is 0 Å². The zero-order valence-electron chi connectivity index (χ0n) is 29.7. The third-order valence-electron chi connectivity index (χ3n) is 11.1. The van der Waals surface area contributed by atoms with E-state index in [0.717, 1.165) is 87.8 Å². The van der Waals surface area contributed by atoms with Crippen LogP contribution in [0.4, 0.5) is 21.6 Å². The molecule has 0 aliphatic carbocycles. The molecule has 1 N–H and O–H groups in total. The van der Waals surface area contributed by atoms with Crippen molar-refractivity contribution in [3.8, 4) is 6.07 Å². The molecule has 2 saturated heterocycles. The standard InChI is InChI=1S/C39H48FN9O/c1-5-46(26(2)3)39(50)34-18-30(40)7-9-36(34)48-17-16-47(38-37(48)22-43-25-44-38)31-11-14-45(15-12-31)24-29-6-8-35-33(27(29)4)19-32(20-41)49(35)23-28-10-13-42-21-28/h6-9,18-19,22,25-26,28,31,42H,5,10-17,21,23-24H2,1-4H3. The lowest BCUT2D eigenvalue weighted by atomic mass is 9.99. The summed E-state index contributed by atoms with van der Waals surface area (Å²) >= 11 is 0. The molecule has 2 fully saturated rings. The number of likely N-dealkylation sites (tertiary alicyclic amines) is 1. The van der Waals surface area contributed by atoms with E-state index in [-0.39, 0.29) is 11.9 Å². The van der Waals surface area contributed by atoms with Crippen LogP contribution in [0.3, 0.4) is 0 Å². The summed E-state index contributed by atoms with van der Waals surface area (Å²) in [5, 5.41) is 14.6. The fourth-order valence-corrected chi connectivity index (χ4v) is 8.32. The van der Waals surface area contributed by atoms with Crippen molar-refractivity contribution in [2.45, 2.75) is 72.1 Å². The Balaban J connectivity index is 1.06. The van der Waals surface area contributed by atoms with Gasteiger partial charge < -0.3 is 24.6 Å². The number of rotatable bonds is 9. The lowest BCUT2D eigenvalue weighted by Gasteiger charge is -2.44. The number of nitriles is 1. The number of aromatic nitrogens is 3. The second-order valence-electron chi connectivity index (χ2n) is 14.3. The average Bonchev–Trinajstić information content (AvgIpc) is 3.78. The Labute approximate surface area is 294 Å². The van der Waals surface area contributed by atoms with Crippen LogP contribution in [0.1, 0.15) is 67.2 Å². The summed E-state index contributed by atoms with van der Waals surface area (Å²) in [6, 6.07) is 13.8. The number of anilines is 3. The van der Waals surface area contributed by atoms with Crippen molar-refractivity contribution in [1.82, 2.24) is 29.7 Å². The lowest BCUT2D eigenvalue weighted by molar-refractivity contribution is 0.0717. The van der Waals surface area contributed by atoms with Gasteiger partial charge in [-0.25, -0.2) is 14.4 Å². The molecular formula is C39H48FN9O. The largest absolute Gasteiger partial charge is 0.350 e. The molecule has 5 heterocycles. The molecule has 3 aliphatic heterocycles. The van der Waals surface area contributed by atoms with Gasteiger partial charge in [-0.3, -0.25) is 9.69 Å². The second-order valence-corrected chi connectivity index (χ2v) is 14.3. The molecule has 262 valence electrons. The number of amides is 1. The molecule has 10 nitrogen and oxygen atoms in total. The smallest absolute Gasteiger partial charge is 0.256 e. The van der Waals surface area contributed by atoms with Crippen molar-refractivity contribution in [1.29, 1.82) is 5.26 Å². The van der Waals surface area contributed by atoms with E-state index in [9.17, 15) is 14.4 Å². The summed E-state index contributed by atoms with van der Waals surface area (Å²) in [4.78, 5) is 31.6. The summed E-state index contributed by atoms with van der Waals surface area (Å²) in [5.74, 6) is 0.816. The third kappa shape index (κ3) is 6.42. The van der Waals surface area contributed by atoms with Gasteiger partial charge in [-0.2, -0.15) is 5.26 Å². The monoisotopic (exact) mass is 677 g/mol. The average molecular weight is 678 g/mol. The van der Waals surface area contributed by atoms with Crippen LogP contribution in [0.15, 0.2) is 48.9 Å². The number of halogens is 1. The van der Waals surface area contributed by atoms with E-state index in [1.54, 1.807) is 17.3 Å². The van der Waals surface area contributed by atoms with E-state index in [2.05, 4.69) is 60.8 Å². The molecule has 2 aromatic carbocycles. The topological polar surface area (TPSA) is 96.6 Å². The van der Waals surface area contributed by atoms with Crippen molar-refractivity contribution < 1.29 is 9.18 Å². The first kappa shape index (κ1) is 33.9. The molecular weight excluding hydrogens is 629 g/mol. The Hall–Kier alpha value is -4.53. The third-order valence-corrected chi connectivity index (χ3v) is 11.1. The molecule has 2 aromatic heterocycles. The van der Waals surface area contributed by atoms with Crippen LogP contribution in [-0.4, -0.2) is 88.1 Å². The number of carbonyl (C=O) groups excluding carboxylic acids is 1. The maximum atomic E-state index is 14.6. The number of hydrogen-bond donors (Lipinski definition) is 1. The number of fused-ring (bicyclic) bond motifs is 2. The molecule has 0 bridgehead atoms. The van der Waals surface area contributed by atoms with E-state index in [1.165, 1.54) is 28.6 Å². The number of aryl methyl sites for hydroxylation is 1. The van der Waals surface area contributed by atoms with Crippen molar-refractivity contribution in [3.63, 3.8) is 0 Å². The van der Waals surface area contributed by atoms with Gasteiger partial charge in [-0.1, -0.05) is 6.07 Å². The van der Waals surface area contributed by atoms with E-state index in [4.69, 9.17) is 4.98 Å². The minimum atomic E-state index is -0.427. The Morgan fingerprint density at radius 2 is 1.92 bits per heavy atom. The maximum Gasteiger partial charge on any atom is 0.256 e. The van der Waals surface area contributed by atoms with Gasteiger partial charge in [0, 0.05) is 68.8 Å². The number of carbonyl (C=O) groups is 1. The van der Waals surface area contributed by atoms with Crippen molar-refractivity contribution in [2.75, 3.05) is 55.6 Å². The predicted octanol–water partition coefficient (Wildman–Crippen LogP) is 5.85. The van der Waals surface area contributed by atoms with Crippen molar-refractivity contribution in [2.24, 2.45) is 5.92 Å². The highest BCUT2D eigenvalue weighted by Crippen LogP contribution is 2.40. The van der Waals surface area contributed by atoms with Crippen LogP contribution in [0, 0.1) is 30.0 Å². The molecule has 11 heteroatoms. The number of benzene rings is 2. The highest BCUT2D eigenvalue weighted by atomic mass is 19.1. The summed E-state index contributed by atoms with van der Waals surface area (Å²) in [6.07, 6.45) is 6.58.